The van der Waals surface area contributed by atoms with E-state index < -0.39 is 147 Å². The summed E-state index contributed by atoms with van der Waals surface area (Å²) in [6, 6.07) is 0. The lowest BCUT2D eigenvalue weighted by atomic mass is 9.41. The number of carbonyl (C=O) groups excluding carboxylic acids is 2. The number of carboxylic acids is 1. The molecule has 7 fully saturated rings. The Kier molecular flexibility index (Phi) is 13.6. The first-order valence-corrected chi connectivity index (χ1v) is 21.4. The zero-order valence-electron chi connectivity index (χ0n) is 34.7. The normalized spacial score (nSPS) is 50.3. The number of esters is 2. The van der Waals surface area contributed by atoms with Crippen molar-refractivity contribution >= 4 is 17.9 Å². The summed E-state index contributed by atoms with van der Waals surface area (Å²) in [5.74, 6) is -3.34. The van der Waals surface area contributed by atoms with Gasteiger partial charge in [0.2, 0.25) is 6.29 Å². The van der Waals surface area contributed by atoms with Gasteiger partial charge in [0.25, 0.3) is 0 Å². The lowest BCUT2D eigenvalue weighted by Crippen LogP contribution is -2.66. The van der Waals surface area contributed by atoms with Gasteiger partial charge in [0.1, 0.15) is 86.3 Å². The molecule has 0 amide bonds. The van der Waals surface area contributed by atoms with Crippen molar-refractivity contribution in [2.75, 3.05) is 19.8 Å². The van der Waals surface area contributed by atoms with Crippen LogP contribution in [-0.2, 0) is 47.5 Å². The molecule has 11 N–H and O–H groups in total. The van der Waals surface area contributed by atoms with Crippen LogP contribution in [0.25, 0.3) is 0 Å². The van der Waals surface area contributed by atoms with Crippen molar-refractivity contribution in [2.45, 2.75) is 176 Å². The fourth-order valence-electron chi connectivity index (χ4n) is 12.4. The van der Waals surface area contributed by atoms with E-state index >= 15 is 0 Å². The van der Waals surface area contributed by atoms with E-state index in [-0.39, 0.29) is 22.7 Å². The summed E-state index contributed by atoms with van der Waals surface area (Å²) in [6.45, 7) is 6.36. The Balaban J connectivity index is 1.08. The van der Waals surface area contributed by atoms with Crippen molar-refractivity contribution in [3.63, 3.8) is 0 Å². The molecule has 0 radical (unpaired) electrons. The van der Waals surface area contributed by atoms with Gasteiger partial charge >= 0.3 is 17.9 Å². The van der Waals surface area contributed by atoms with Crippen LogP contribution in [0, 0.1) is 28.1 Å². The maximum Gasteiger partial charge on any atom is 0.317 e. The van der Waals surface area contributed by atoms with Gasteiger partial charge in [0, 0.05) is 0 Å². The molecule has 1 spiro atoms. The minimum absolute atomic E-state index is 0.0709. The van der Waals surface area contributed by atoms with Gasteiger partial charge in [-0.2, -0.15) is 0 Å². The van der Waals surface area contributed by atoms with E-state index in [0.29, 0.717) is 51.4 Å². The zero-order chi connectivity index (χ0) is 45.3. The average molecular weight is 891 g/mol. The lowest BCUT2D eigenvalue weighted by molar-refractivity contribution is -0.378. The summed E-state index contributed by atoms with van der Waals surface area (Å²) in [7, 11) is 0. The average Bonchev–Trinajstić information content (AvgIpc) is 3.42. The van der Waals surface area contributed by atoms with E-state index in [1.54, 1.807) is 0 Å². The molecule has 3 aliphatic heterocycles. The molecule has 2 bridgehead atoms. The van der Waals surface area contributed by atoms with Gasteiger partial charge in [-0.1, -0.05) is 19.9 Å². The number of aliphatic hydroxyl groups excluding tert-OH is 10. The highest BCUT2D eigenvalue weighted by Gasteiger charge is 2.69. The molecule has 7 rings (SSSR count). The fourth-order valence-corrected chi connectivity index (χ4v) is 12.4. The third-order valence-electron chi connectivity index (χ3n) is 15.5. The smallest absolute Gasteiger partial charge is 0.317 e. The molecule has 3 saturated heterocycles. The van der Waals surface area contributed by atoms with Gasteiger partial charge in [-0.15, -0.1) is 0 Å². The Hall–Kier alpha value is -2.45. The van der Waals surface area contributed by atoms with Crippen LogP contribution in [0.5, 0.6) is 0 Å². The Labute approximate surface area is 357 Å². The van der Waals surface area contributed by atoms with Crippen LogP contribution < -0.4 is 0 Å². The second kappa shape index (κ2) is 17.7. The number of carboxylic acid groups (broad SMARTS) is 1. The third kappa shape index (κ3) is 8.12. The molecule has 352 valence electrons. The Morgan fingerprint density at radius 1 is 0.710 bits per heavy atom. The molecule has 3 heterocycles. The minimum atomic E-state index is -1.94. The largest absolute Gasteiger partial charge is 0.481 e. The molecular weight excluding hydrogens is 828 g/mol. The Bertz CT molecular complexity index is 1680. The number of ether oxygens (including phenoxy) is 7. The first kappa shape index (κ1) is 47.5. The molecule has 21 atom stereocenters. The highest BCUT2D eigenvalue weighted by Crippen LogP contribution is 2.73. The van der Waals surface area contributed by atoms with Gasteiger partial charge in [-0.05, 0) is 86.5 Å². The minimum Gasteiger partial charge on any atom is -0.481 e. The van der Waals surface area contributed by atoms with Crippen LogP contribution in [0.1, 0.15) is 78.1 Å². The van der Waals surface area contributed by atoms with Crippen molar-refractivity contribution in [3.8, 4) is 0 Å². The van der Waals surface area contributed by atoms with Crippen molar-refractivity contribution in [1.29, 1.82) is 0 Å². The van der Waals surface area contributed by atoms with Gasteiger partial charge in [-0.3, -0.25) is 14.4 Å². The third-order valence-corrected chi connectivity index (χ3v) is 15.5. The van der Waals surface area contributed by atoms with E-state index in [1.807, 2.05) is 6.92 Å². The topological polar surface area (TPSA) is 338 Å². The zero-order valence-corrected chi connectivity index (χ0v) is 34.7. The standard InChI is InChI=1S/C41H62O21/c1-17-12-40-9-5-21-38(2,7-4-8-39(21,3)37(55)61-35-32(54)28(50)25(47)18(13-42)57-35)22(40)6-10-41(17,16-40)62-36-33(30(52)26(48)19(14-43)58-36)60-34-31(53)29(51)27(49)20(59-34)15-56-24(46)11-23(44)45/h18-22,25-36,42-43,47-54H,1,4-16H2,2-3H3,(H,44,45)/t18-,19-,20-,21+,22+,25-,26-,27-,28+,29+,30+,31-,32-,33-,34+,35+,36+,38-,39-,40-,41-/m1/s1. The van der Waals surface area contributed by atoms with Gasteiger partial charge in [-0.25, -0.2) is 0 Å². The Morgan fingerprint density at radius 2 is 1.29 bits per heavy atom. The maximum atomic E-state index is 14.2. The highest BCUT2D eigenvalue weighted by molar-refractivity contribution is 5.90. The van der Waals surface area contributed by atoms with Crippen LogP contribution >= 0.6 is 0 Å². The number of fused-ring (bicyclic) bond motifs is 3. The van der Waals surface area contributed by atoms with E-state index in [9.17, 15) is 65.4 Å². The summed E-state index contributed by atoms with van der Waals surface area (Å²) >= 11 is 0. The van der Waals surface area contributed by atoms with Crippen LogP contribution in [0.3, 0.4) is 0 Å². The van der Waals surface area contributed by atoms with E-state index in [2.05, 4.69) is 13.5 Å². The van der Waals surface area contributed by atoms with E-state index in [1.165, 1.54) is 0 Å². The summed E-state index contributed by atoms with van der Waals surface area (Å²) < 4.78 is 40.7. The molecule has 0 aromatic heterocycles. The number of hydrogen-bond donors (Lipinski definition) is 11. The maximum absolute atomic E-state index is 14.2. The van der Waals surface area contributed by atoms with Crippen LogP contribution in [0.15, 0.2) is 12.2 Å². The molecular formula is C41H62O21. The van der Waals surface area contributed by atoms with Crippen LogP contribution in [0.4, 0.5) is 0 Å². The monoisotopic (exact) mass is 890 g/mol. The van der Waals surface area contributed by atoms with Crippen LogP contribution in [-0.4, -0.2) is 192 Å². The van der Waals surface area contributed by atoms with Gasteiger partial charge in [0.05, 0.1) is 24.2 Å². The molecule has 0 aromatic carbocycles. The number of hydrogen-bond acceptors (Lipinski definition) is 20. The molecule has 7 aliphatic rings. The molecule has 0 aromatic rings. The Morgan fingerprint density at radius 3 is 1.94 bits per heavy atom. The predicted octanol–water partition coefficient (Wildman–Crippen LogP) is -2.91. The number of carbonyl (C=O) groups is 3. The highest BCUT2D eigenvalue weighted by atomic mass is 16.8. The predicted molar refractivity (Wildman–Crippen MR) is 203 cm³/mol. The second-order valence-corrected chi connectivity index (χ2v) is 19.1. The molecule has 4 saturated carbocycles. The second-order valence-electron chi connectivity index (χ2n) is 19.1. The summed E-state index contributed by atoms with van der Waals surface area (Å²) in [4.78, 5) is 37.0. The summed E-state index contributed by atoms with van der Waals surface area (Å²) in [5, 5.41) is 114. The van der Waals surface area contributed by atoms with Crippen molar-refractivity contribution in [3.05, 3.63) is 12.2 Å². The number of rotatable bonds is 12. The number of aliphatic hydroxyl groups is 10. The van der Waals surface area contributed by atoms with Crippen molar-refractivity contribution in [2.24, 2.45) is 28.1 Å². The summed E-state index contributed by atoms with van der Waals surface area (Å²) in [5.41, 5.74) is -2.07. The van der Waals surface area contributed by atoms with E-state index in [4.69, 9.17) is 38.3 Å². The first-order chi connectivity index (χ1) is 29.1. The quantitative estimate of drug-likeness (QED) is 0.0405. The van der Waals surface area contributed by atoms with Gasteiger partial charge < -0.3 is 89.3 Å². The van der Waals surface area contributed by atoms with E-state index in [0.717, 1.165) is 12.0 Å². The first-order valence-electron chi connectivity index (χ1n) is 21.4. The molecule has 21 heteroatoms. The molecule has 0 unspecified atom stereocenters. The fraction of sp³-hybridized carbons (Fsp3) is 0.878. The van der Waals surface area contributed by atoms with Gasteiger partial charge in [0.15, 0.2) is 12.6 Å². The van der Waals surface area contributed by atoms with Crippen molar-refractivity contribution in [1.82, 2.24) is 0 Å². The SMILES string of the molecule is C=C1C[C@@]23CC[C@H]4[C@@](C)(CCC[C@@]4(C)C(=O)O[C@@H]4O[C@H](CO)[C@@H](O)[C@H](O)[C@H]4O)[C@@H]2CC[C@@]1(O[C@@H]1O[C@H](CO)[C@@H](O)[C@H](O)[C@H]1O[C@@H]1O[C@H](COC(=O)CC(=O)O)[C@@H](O)[C@H](O)[C@H]1O)C3. The summed E-state index contributed by atoms with van der Waals surface area (Å²) in [6.07, 6.45) is -20.7. The molecule has 21 nitrogen and oxygen atoms in total. The van der Waals surface area contributed by atoms with Crippen molar-refractivity contribution < 1.29 is 104 Å². The number of aliphatic carboxylic acids is 1. The lowest BCUT2D eigenvalue weighted by Gasteiger charge is -2.64. The molecule has 4 aliphatic carbocycles. The van der Waals surface area contributed by atoms with Crippen LogP contribution in [0.2, 0.25) is 0 Å². The molecule has 62 heavy (non-hydrogen) atoms.